The van der Waals surface area contributed by atoms with E-state index >= 15 is 0 Å². The molecule has 1 fully saturated rings. The fourth-order valence-corrected chi connectivity index (χ4v) is 2.54. The predicted molar refractivity (Wildman–Crippen MR) is 86.8 cm³/mol. The Hall–Kier alpha value is -1.73. The van der Waals surface area contributed by atoms with Crippen molar-refractivity contribution >= 4 is 11.9 Å². The van der Waals surface area contributed by atoms with Gasteiger partial charge in [0.25, 0.3) is 0 Å². The second-order valence-corrected chi connectivity index (χ2v) is 5.63. The van der Waals surface area contributed by atoms with Crippen molar-refractivity contribution in [1.82, 2.24) is 25.5 Å². The summed E-state index contributed by atoms with van der Waals surface area (Å²) in [5.41, 5.74) is 0. The van der Waals surface area contributed by atoms with Gasteiger partial charge in [-0.05, 0) is 13.1 Å². The largest absolute Gasteiger partial charge is 0.355 e. The van der Waals surface area contributed by atoms with Crippen LogP contribution >= 0.6 is 0 Å². The molecule has 0 saturated carbocycles. The second kappa shape index (κ2) is 8.65. The van der Waals surface area contributed by atoms with Gasteiger partial charge >= 0.3 is 0 Å². The first-order valence-electron chi connectivity index (χ1n) is 7.87. The fraction of sp³-hybridized carbons (Fsp3) is 0.667. The molecular formula is C15H26N6O. The van der Waals surface area contributed by atoms with Crippen LogP contribution in [0.3, 0.4) is 0 Å². The van der Waals surface area contributed by atoms with Gasteiger partial charge < -0.3 is 15.5 Å². The average molecular weight is 306 g/mol. The van der Waals surface area contributed by atoms with Crippen molar-refractivity contribution in [3.8, 4) is 0 Å². The summed E-state index contributed by atoms with van der Waals surface area (Å²) < 4.78 is 0. The van der Waals surface area contributed by atoms with Crippen LogP contribution in [0.5, 0.6) is 0 Å². The summed E-state index contributed by atoms with van der Waals surface area (Å²) in [6.45, 7) is 8.03. The topological polar surface area (TPSA) is 73.4 Å². The number of aromatic nitrogens is 2. The second-order valence-electron chi connectivity index (χ2n) is 5.63. The van der Waals surface area contributed by atoms with E-state index in [2.05, 4.69) is 30.4 Å². The number of carbonyl (C=O) groups is 1. The van der Waals surface area contributed by atoms with Crippen LogP contribution in [0, 0.1) is 5.92 Å². The predicted octanol–water partition coefficient (Wildman–Crippen LogP) is -0.430. The molecule has 22 heavy (non-hydrogen) atoms. The highest BCUT2D eigenvalue weighted by atomic mass is 16.1. The van der Waals surface area contributed by atoms with Crippen LogP contribution in [-0.4, -0.2) is 73.6 Å². The minimum Gasteiger partial charge on any atom is -0.355 e. The van der Waals surface area contributed by atoms with Crippen LogP contribution in [-0.2, 0) is 4.79 Å². The highest BCUT2D eigenvalue weighted by Gasteiger charge is 2.18. The Kier molecular flexibility index (Phi) is 6.54. The van der Waals surface area contributed by atoms with Crippen LogP contribution in [0.15, 0.2) is 18.5 Å². The van der Waals surface area contributed by atoms with Crippen LogP contribution in [0.4, 0.5) is 5.95 Å². The Morgan fingerprint density at radius 3 is 2.59 bits per heavy atom. The minimum atomic E-state index is 0.0112. The average Bonchev–Trinajstić information content (AvgIpc) is 2.56. The highest BCUT2D eigenvalue weighted by molar-refractivity contribution is 5.78. The van der Waals surface area contributed by atoms with Gasteiger partial charge in [0, 0.05) is 64.1 Å². The molecule has 0 aromatic carbocycles. The number of nitrogens with one attached hydrogen (secondary N) is 2. The van der Waals surface area contributed by atoms with Crippen molar-refractivity contribution in [1.29, 1.82) is 0 Å². The monoisotopic (exact) mass is 306 g/mol. The molecule has 1 amide bonds. The normalized spacial score (nSPS) is 17.3. The molecule has 0 spiro atoms. The molecule has 0 bridgehead atoms. The van der Waals surface area contributed by atoms with E-state index in [1.165, 1.54) is 0 Å². The summed E-state index contributed by atoms with van der Waals surface area (Å²) >= 11 is 0. The lowest BCUT2D eigenvalue weighted by Crippen LogP contribution is -2.49. The third-order valence-electron chi connectivity index (χ3n) is 3.89. The minimum absolute atomic E-state index is 0.0112. The molecule has 2 N–H and O–H groups in total. The number of nitrogens with zero attached hydrogens (tertiary/aromatic N) is 4. The SMILES string of the molecule is CNCC(C)C(=O)NCCN1CCN(c2ncccn2)CC1. The fourth-order valence-electron chi connectivity index (χ4n) is 2.54. The lowest BCUT2D eigenvalue weighted by Gasteiger charge is -2.34. The van der Waals surface area contributed by atoms with Crippen molar-refractivity contribution in [2.75, 3.05) is 57.8 Å². The standard InChI is InChI=1S/C15H26N6O/c1-13(12-16-2)14(22)17-6-7-20-8-10-21(11-9-20)15-18-4-3-5-19-15/h3-5,13,16H,6-12H2,1-2H3,(H,17,22). The molecule has 0 radical (unpaired) electrons. The molecule has 2 rings (SSSR count). The molecular weight excluding hydrogens is 280 g/mol. The highest BCUT2D eigenvalue weighted by Crippen LogP contribution is 2.09. The molecule has 1 saturated heterocycles. The van der Waals surface area contributed by atoms with Crippen LogP contribution in [0.2, 0.25) is 0 Å². The zero-order chi connectivity index (χ0) is 15.8. The van der Waals surface area contributed by atoms with E-state index in [1.807, 2.05) is 20.0 Å². The van der Waals surface area contributed by atoms with E-state index in [9.17, 15) is 4.79 Å². The van der Waals surface area contributed by atoms with Crippen LogP contribution in [0.25, 0.3) is 0 Å². The summed E-state index contributed by atoms with van der Waals surface area (Å²) in [5, 5.41) is 6.02. The number of anilines is 1. The van der Waals surface area contributed by atoms with Gasteiger partial charge in [0.05, 0.1) is 0 Å². The van der Waals surface area contributed by atoms with Gasteiger partial charge in [-0.15, -0.1) is 0 Å². The molecule has 1 aromatic heterocycles. The van der Waals surface area contributed by atoms with Gasteiger partial charge in [-0.3, -0.25) is 9.69 Å². The molecule has 1 aromatic rings. The van der Waals surface area contributed by atoms with Gasteiger partial charge in [-0.2, -0.15) is 0 Å². The van der Waals surface area contributed by atoms with Crippen molar-refractivity contribution < 1.29 is 4.79 Å². The molecule has 0 aliphatic carbocycles. The van der Waals surface area contributed by atoms with E-state index in [-0.39, 0.29) is 11.8 Å². The van der Waals surface area contributed by atoms with Gasteiger partial charge in [-0.25, -0.2) is 9.97 Å². The Balaban J connectivity index is 1.65. The van der Waals surface area contributed by atoms with Crippen molar-refractivity contribution in [3.63, 3.8) is 0 Å². The van der Waals surface area contributed by atoms with Crippen LogP contribution < -0.4 is 15.5 Å². The quantitative estimate of drug-likeness (QED) is 0.712. The number of piperazine rings is 1. The number of amides is 1. The summed E-state index contributed by atoms with van der Waals surface area (Å²) in [4.78, 5) is 24.9. The van der Waals surface area contributed by atoms with E-state index in [0.717, 1.165) is 38.7 Å². The van der Waals surface area contributed by atoms with Gasteiger partial charge in [0.2, 0.25) is 11.9 Å². The summed E-state index contributed by atoms with van der Waals surface area (Å²) in [7, 11) is 1.86. The molecule has 2 heterocycles. The maximum Gasteiger partial charge on any atom is 0.225 e. The lowest BCUT2D eigenvalue weighted by atomic mass is 10.1. The lowest BCUT2D eigenvalue weighted by molar-refractivity contribution is -0.124. The smallest absolute Gasteiger partial charge is 0.225 e. The Labute approximate surface area is 132 Å². The molecule has 7 heteroatoms. The maximum atomic E-state index is 11.8. The van der Waals surface area contributed by atoms with Gasteiger partial charge in [0.15, 0.2) is 0 Å². The summed E-state index contributed by atoms with van der Waals surface area (Å²) in [6.07, 6.45) is 3.55. The third-order valence-corrected chi connectivity index (χ3v) is 3.89. The molecule has 1 aliphatic heterocycles. The Morgan fingerprint density at radius 2 is 1.95 bits per heavy atom. The molecule has 122 valence electrons. The molecule has 1 unspecified atom stereocenters. The molecule has 7 nitrogen and oxygen atoms in total. The number of carbonyl (C=O) groups excluding carboxylic acids is 1. The maximum absolute atomic E-state index is 11.8. The summed E-state index contributed by atoms with van der Waals surface area (Å²) in [6, 6.07) is 1.83. The van der Waals surface area contributed by atoms with Gasteiger partial charge in [-0.1, -0.05) is 6.92 Å². The first-order valence-corrected chi connectivity index (χ1v) is 7.87. The number of hydrogen-bond donors (Lipinski definition) is 2. The number of rotatable bonds is 7. The van der Waals surface area contributed by atoms with E-state index in [1.54, 1.807) is 12.4 Å². The number of hydrogen-bond acceptors (Lipinski definition) is 6. The zero-order valence-corrected chi connectivity index (χ0v) is 13.5. The third kappa shape index (κ3) is 4.92. The van der Waals surface area contributed by atoms with Gasteiger partial charge in [0.1, 0.15) is 0 Å². The molecule has 1 atom stereocenters. The van der Waals surface area contributed by atoms with E-state index in [0.29, 0.717) is 13.1 Å². The summed E-state index contributed by atoms with van der Waals surface area (Å²) in [5.74, 6) is 0.930. The zero-order valence-electron chi connectivity index (χ0n) is 13.5. The Morgan fingerprint density at radius 1 is 1.27 bits per heavy atom. The van der Waals surface area contributed by atoms with E-state index < -0.39 is 0 Å². The van der Waals surface area contributed by atoms with Crippen molar-refractivity contribution in [2.45, 2.75) is 6.92 Å². The first kappa shape index (κ1) is 16.6. The van der Waals surface area contributed by atoms with E-state index in [4.69, 9.17) is 0 Å². The Bertz CT molecular complexity index is 447. The van der Waals surface area contributed by atoms with Crippen molar-refractivity contribution in [3.05, 3.63) is 18.5 Å². The van der Waals surface area contributed by atoms with Crippen molar-refractivity contribution in [2.24, 2.45) is 5.92 Å². The van der Waals surface area contributed by atoms with Crippen LogP contribution in [0.1, 0.15) is 6.92 Å². The molecule has 1 aliphatic rings. The first-order chi connectivity index (χ1) is 10.7.